The highest BCUT2D eigenvalue weighted by Gasteiger charge is 2.47. The zero-order valence-corrected chi connectivity index (χ0v) is 23.4. The fourth-order valence-corrected chi connectivity index (χ4v) is 5.99. The summed E-state index contributed by atoms with van der Waals surface area (Å²) in [4.78, 5) is 33.8. The lowest BCUT2D eigenvalue weighted by molar-refractivity contribution is -0.174. The Bertz CT molecular complexity index is 1630. The van der Waals surface area contributed by atoms with Crippen molar-refractivity contribution in [2.24, 2.45) is 5.92 Å². The first-order chi connectivity index (χ1) is 18.8. The first-order valence-corrected chi connectivity index (χ1v) is 13.2. The van der Waals surface area contributed by atoms with Crippen LogP contribution in [0.25, 0.3) is 22.3 Å². The van der Waals surface area contributed by atoms with Gasteiger partial charge in [0, 0.05) is 28.1 Å². The van der Waals surface area contributed by atoms with E-state index >= 15 is 0 Å². The second-order valence-corrected chi connectivity index (χ2v) is 11.0. The van der Waals surface area contributed by atoms with Crippen LogP contribution in [0.15, 0.2) is 22.9 Å². The van der Waals surface area contributed by atoms with Gasteiger partial charge in [0.15, 0.2) is 5.60 Å². The number of nitrogens with zero attached hydrogens (tertiary/aromatic N) is 3. The largest absolute Gasteiger partial charge is 0.496 e. The Kier molecular flexibility index (Phi) is 5.78. The van der Waals surface area contributed by atoms with Gasteiger partial charge >= 0.3 is 5.97 Å². The third-order valence-corrected chi connectivity index (χ3v) is 8.14. The number of ether oxygens (including phenoxy) is 2. The highest BCUT2D eigenvalue weighted by Crippen LogP contribution is 2.45. The van der Waals surface area contributed by atoms with E-state index in [4.69, 9.17) is 15.8 Å². The maximum absolute atomic E-state index is 13.9. The average molecular weight is 522 g/mol. The fourth-order valence-electron chi connectivity index (χ4n) is 5.99. The lowest BCUT2D eigenvalue weighted by Crippen LogP contribution is -2.45. The van der Waals surface area contributed by atoms with E-state index in [1.165, 1.54) is 0 Å². The van der Waals surface area contributed by atoms with E-state index in [-0.39, 0.29) is 53.8 Å². The minimum Gasteiger partial charge on any atom is -0.496 e. The maximum atomic E-state index is 13.9. The third kappa shape index (κ3) is 3.68. The Balaban J connectivity index is 1.88. The van der Waals surface area contributed by atoms with Gasteiger partial charge in [-0.15, -0.1) is 0 Å². The van der Waals surface area contributed by atoms with Gasteiger partial charge < -0.3 is 14.6 Å². The molecule has 38 heavy (non-hydrogen) atoms. The van der Waals surface area contributed by atoms with Crippen molar-refractivity contribution in [2.75, 3.05) is 20.7 Å². The molecule has 202 valence electrons. The molecule has 2 aliphatic heterocycles. The third-order valence-electron chi connectivity index (χ3n) is 8.14. The highest BCUT2D eigenvalue weighted by atomic mass is 16.6. The van der Waals surface area contributed by atoms with Crippen LogP contribution in [0, 0.1) is 12.8 Å². The van der Waals surface area contributed by atoms with E-state index in [0.717, 1.165) is 12.1 Å². The number of aromatic nitrogens is 2. The van der Waals surface area contributed by atoms with E-state index in [1.807, 2.05) is 41.7 Å². The molecule has 1 N–H and O–H groups in total. The summed E-state index contributed by atoms with van der Waals surface area (Å²) in [6.45, 7) is 12.1. The number of benzene rings is 1. The van der Waals surface area contributed by atoms with Crippen molar-refractivity contribution < 1.29 is 22.1 Å². The maximum Gasteiger partial charge on any atom is 0.343 e. The molecule has 2 aliphatic rings. The minimum atomic E-state index is -1.96. The number of rotatable bonds is 6. The predicted molar refractivity (Wildman–Crippen MR) is 146 cm³/mol. The van der Waals surface area contributed by atoms with Crippen LogP contribution in [0.3, 0.4) is 0 Å². The summed E-state index contributed by atoms with van der Waals surface area (Å²) in [5, 5.41) is 12.1. The lowest BCUT2D eigenvalue weighted by atomic mass is 9.82. The molecule has 0 radical (unpaired) electrons. The molecule has 0 saturated heterocycles. The van der Waals surface area contributed by atoms with E-state index in [9.17, 15) is 16.1 Å². The molecule has 3 aromatic rings. The fraction of sp³-hybridized carbons (Fsp3) is 0.500. The van der Waals surface area contributed by atoms with Gasteiger partial charge in [-0.3, -0.25) is 14.3 Å². The summed E-state index contributed by atoms with van der Waals surface area (Å²) < 4.78 is 31.1. The molecule has 8 nitrogen and oxygen atoms in total. The lowest BCUT2D eigenvalue weighted by Gasteiger charge is -2.34. The van der Waals surface area contributed by atoms with Gasteiger partial charge in [-0.2, -0.15) is 0 Å². The Morgan fingerprint density at radius 2 is 2.05 bits per heavy atom. The molecule has 2 unspecified atom stereocenters. The van der Waals surface area contributed by atoms with E-state index in [2.05, 4.69) is 11.8 Å². The van der Waals surface area contributed by atoms with E-state index in [0.29, 0.717) is 39.2 Å². The molecule has 3 atom stereocenters. The van der Waals surface area contributed by atoms with Gasteiger partial charge in [0.05, 0.1) is 38.4 Å². The summed E-state index contributed by atoms with van der Waals surface area (Å²) in [6.07, 6.45) is 0.0982. The number of hydrogen-bond acceptors (Lipinski definition) is 7. The van der Waals surface area contributed by atoms with Gasteiger partial charge in [-0.25, -0.2) is 9.78 Å². The molecule has 2 aromatic heterocycles. The summed E-state index contributed by atoms with van der Waals surface area (Å²) in [7, 11) is 3.57. The summed E-state index contributed by atoms with van der Waals surface area (Å²) in [6, 6.07) is 1.35. The van der Waals surface area contributed by atoms with Crippen LogP contribution in [0.5, 0.6) is 5.75 Å². The van der Waals surface area contributed by atoms with E-state index in [1.54, 1.807) is 17.7 Å². The van der Waals surface area contributed by atoms with Crippen molar-refractivity contribution in [3.8, 4) is 17.1 Å². The molecule has 0 saturated carbocycles. The molecule has 5 rings (SSSR count). The summed E-state index contributed by atoms with van der Waals surface area (Å²) in [5.74, 6) is -0.254. The normalized spacial score (nSPS) is 21.7. The Morgan fingerprint density at radius 1 is 1.34 bits per heavy atom. The van der Waals surface area contributed by atoms with Crippen molar-refractivity contribution in [1.82, 2.24) is 14.5 Å². The first-order valence-electron chi connectivity index (χ1n) is 14.2. The predicted octanol–water partition coefficient (Wildman–Crippen LogP) is 4.61. The van der Waals surface area contributed by atoms with Crippen molar-refractivity contribution in [3.63, 3.8) is 0 Å². The number of esters is 1. The molecule has 4 heterocycles. The average Bonchev–Trinajstić information content (AvgIpc) is 3.19. The van der Waals surface area contributed by atoms with Crippen molar-refractivity contribution in [1.29, 1.82) is 0 Å². The van der Waals surface area contributed by atoms with Crippen LogP contribution in [0.1, 0.15) is 83.7 Å². The van der Waals surface area contributed by atoms with Crippen LogP contribution in [0.4, 0.5) is 0 Å². The van der Waals surface area contributed by atoms with Gasteiger partial charge in [-0.1, -0.05) is 20.8 Å². The number of fused-ring (bicyclic) bond motifs is 5. The smallest absolute Gasteiger partial charge is 0.343 e. The number of pyridine rings is 2. The quantitative estimate of drug-likeness (QED) is 0.474. The molecule has 0 bridgehead atoms. The Morgan fingerprint density at radius 3 is 2.68 bits per heavy atom. The molecule has 0 amide bonds. The standard InChI is InChI=1S/C30H37N3O5/c1-9-32(7)18(6)25-20-11-19-17(5)33-24(26(19)31-23(20)10-16(4)27(25)37-8)12-22-21(28(33)34)14-38-29(35)30(22,36)13-15(2)3/h10-12,15,17-18,36H,9,13-14H2,1-8H3/t17?,18?,30-/m0/s1/i10D,11D. The van der Waals surface area contributed by atoms with Crippen LogP contribution in [-0.2, 0) is 21.7 Å². The zero-order valence-electron chi connectivity index (χ0n) is 25.4. The number of carbonyl (C=O) groups is 1. The summed E-state index contributed by atoms with van der Waals surface area (Å²) in [5.41, 5.74) is 1.30. The van der Waals surface area contributed by atoms with Gasteiger partial charge in [-0.05, 0) is 70.4 Å². The number of carbonyl (C=O) groups excluding carboxylic acids is 1. The van der Waals surface area contributed by atoms with Gasteiger partial charge in [0.1, 0.15) is 12.4 Å². The second-order valence-electron chi connectivity index (χ2n) is 11.0. The van der Waals surface area contributed by atoms with Crippen molar-refractivity contribution in [2.45, 2.75) is 72.3 Å². The van der Waals surface area contributed by atoms with E-state index < -0.39 is 17.6 Å². The molecule has 0 spiro atoms. The summed E-state index contributed by atoms with van der Waals surface area (Å²) >= 11 is 0. The Labute approximate surface area is 226 Å². The van der Waals surface area contributed by atoms with Gasteiger partial charge in [0.25, 0.3) is 5.56 Å². The SMILES string of the molecule is [2H]c1c(C)c(OC)c(C(C)N(C)CC)c2c([2H])c3c(nc12)-c1cc2c(c(=O)n1C3C)COC(=O)[C@]2(O)CC(C)C. The molecule has 0 fully saturated rings. The van der Waals surface area contributed by atoms with Crippen molar-refractivity contribution in [3.05, 3.63) is 56.3 Å². The van der Waals surface area contributed by atoms with Crippen LogP contribution >= 0.6 is 0 Å². The Hall–Kier alpha value is -3.23. The minimum absolute atomic E-state index is 0.0434. The number of cyclic esters (lactones) is 1. The topological polar surface area (TPSA) is 93.9 Å². The van der Waals surface area contributed by atoms with Crippen molar-refractivity contribution >= 4 is 16.9 Å². The van der Waals surface area contributed by atoms with Crippen LogP contribution in [0.2, 0.25) is 0 Å². The second kappa shape index (κ2) is 9.20. The monoisotopic (exact) mass is 521 g/mol. The number of methoxy groups -OCH3 is 1. The molecule has 1 aromatic carbocycles. The van der Waals surface area contributed by atoms with Crippen LogP contribution in [-0.4, -0.2) is 46.2 Å². The zero-order chi connectivity index (χ0) is 29.4. The van der Waals surface area contributed by atoms with Gasteiger partial charge in [0.2, 0.25) is 0 Å². The first kappa shape index (κ1) is 23.9. The molecular weight excluding hydrogens is 482 g/mol. The number of aliphatic hydroxyl groups is 1. The molecule has 0 aliphatic carbocycles. The highest BCUT2D eigenvalue weighted by molar-refractivity contribution is 5.91. The molecular formula is C30H37N3O5. The number of hydrogen-bond donors (Lipinski definition) is 1. The van der Waals surface area contributed by atoms with Crippen LogP contribution < -0.4 is 10.3 Å². The molecule has 8 heteroatoms.